The van der Waals surface area contributed by atoms with Gasteiger partial charge in [0.1, 0.15) is 17.1 Å². The molecular formula is C22H26N2O5S. The lowest BCUT2D eigenvalue weighted by molar-refractivity contribution is 0.0951. The van der Waals surface area contributed by atoms with Crippen molar-refractivity contribution in [2.75, 3.05) is 7.11 Å². The molecule has 0 aliphatic heterocycles. The Kier molecular flexibility index (Phi) is 6.48. The third kappa shape index (κ3) is 5.01. The largest absolute Gasteiger partial charge is 0.497 e. The second-order valence-electron chi connectivity index (χ2n) is 7.38. The Morgan fingerprint density at radius 3 is 2.50 bits per heavy atom. The van der Waals surface area contributed by atoms with Crippen LogP contribution < -0.4 is 14.8 Å². The number of rotatable bonds is 8. The number of amides is 1. The molecule has 1 aromatic heterocycles. The van der Waals surface area contributed by atoms with Crippen LogP contribution in [0.15, 0.2) is 46.9 Å². The van der Waals surface area contributed by atoms with Crippen molar-refractivity contribution < 1.29 is 22.4 Å². The molecule has 0 atom stereocenters. The van der Waals surface area contributed by atoms with Crippen LogP contribution in [0.1, 0.15) is 41.1 Å². The molecular weight excluding hydrogens is 404 g/mol. The first-order valence-corrected chi connectivity index (χ1v) is 11.3. The summed E-state index contributed by atoms with van der Waals surface area (Å²) < 4.78 is 38.2. The van der Waals surface area contributed by atoms with Crippen molar-refractivity contribution in [1.82, 2.24) is 10.0 Å². The summed E-state index contributed by atoms with van der Waals surface area (Å²) in [5.41, 5.74) is 2.42. The van der Waals surface area contributed by atoms with Gasteiger partial charge in [-0.1, -0.05) is 24.3 Å². The molecule has 0 fully saturated rings. The molecule has 1 amide bonds. The lowest BCUT2D eigenvalue weighted by Crippen LogP contribution is -2.32. The topological polar surface area (TPSA) is 97.6 Å². The molecule has 30 heavy (non-hydrogen) atoms. The van der Waals surface area contributed by atoms with E-state index in [2.05, 4.69) is 10.0 Å². The van der Waals surface area contributed by atoms with Crippen LogP contribution in [0.25, 0.3) is 11.0 Å². The van der Waals surface area contributed by atoms with E-state index in [1.165, 1.54) is 0 Å². The van der Waals surface area contributed by atoms with Crippen molar-refractivity contribution >= 4 is 26.9 Å². The maximum absolute atomic E-state index is 12.9. The standard InChI is InChI=1S/C22H26N2O5S/c1-14(2)24-30(26,27)13-17-8-6-5-7-16(17)12-23-22(25)21-15(3)29-20-10-9-18(28-4)11-19(20)21/h5-11,14,24H,12-13H2,1-4H3,(H,23,25). The third-order valence-electron chi connectivity index (χ3n) is 4.62. The Hall–Kier alpha value is -2.84. The van der Waals surface area contributed by atoms with Crippen LogP contribution in [0.2, 0.25) is 0 Å². The Balaban J connectivity index is 1.81. The molecule has 0 radical (unpaired) electrons. The Morgan fingerprint density at radius 1 is 1.13 bits per heavy atom. The van der Waals surface area contributed by atoms with Gasteiger partial charge in [-0.25, -0.2) is 13.1 Å². The fourth-order valence-electron chi connectivity index (χ4n) is 3.35. The van der Waals surface area contributed by atoms with Gasteiger partial charge >= 0.3 is 0 Å². The summed E-state index contributed by atoms with van der Waals surface area (Å²) in [4.78, 5) is 12.9. The number of hydrogen-bond donors (Lipinski definition) is 2. The van der Waals surface area contributed by atoms with Gasteiger partial charge in [0.25, 0.3) is 5.91 Å². The van der Waals surface area contributed by atoms with E-state index in [0.717, 1.165) is 5.56 Å². The first-order chi connectivity index (χ1) is 14.2. The summed E-state index contributed by atoms with van der Waals surface area (Å²) in [6.45, 7) is 5.48. The van der Waals surface area contributed by atoms with Crippen molar-refractivity contribution in [2.45, 2.75) is 39.1 Å². The zero-order chi connectivity index (χ0) is 21.9. The average Bonchev–Trinajstić information content (AvgIpc) is 3.00. The quantitative estimate of drug-likeness (QED) is 0.570. The van der Waals surface area contributed by atoms with Crippen molar-refractivity contribution in [3.05, 3.63) is 64.9 Å². The van der Waals surface area contributed by atoms with Crippen LogP contribution >= 0.6 is 0 Å². The van der Waals surface area contributed by atoms with Crippen molar-refractivity contribution in [1.29, 1.82) is 0 Å². The smallest absolute Gasteiger partial charge is 0.255 e. The number of ether oxygens (including phenoxy) is 1. The Morgan fingerprint density at radius 2 is 1.83 bits per heavy atom. The van der Waals surface area contributed by atoms with E-state index in [4.69, 9.17) is 9.15 Å². The summed E-state index contributed by atoms with van der Waals surface area (Å²) in [7, 11) is -1.91. The predicted octanol–water partition coefficient (Wildman–Crippen LogP) is 3.51. The number of sulfonamides is 1. The molecule has 2 N–H and O–H groups in total. The average molecular weight is 431 g/mol. The van der Waals surface area contributed by atoms with Gasteiger partial charge in [-0.15, -0.1) is 0 Å². The fraction of sp³-hybridized carbons (Fsp3) is 0.318. The van der Waals surface area contributed by atoms with Crippen LogP contribution in [0.4, 0.5) is 0 Å². The van der Waals surface area contributed by atoms with Gasteiger partial charge in [0.15, 0.2) is 0 Å². The molecule has 0 aliphatic rings. The number of benzene rings is 2. The molecule has 0 unspecified atom stereocenters. The highest BCUT2D eigenvalue weighted by Crippen LogP contribution is 2.29. The van der Waals surface area contributed by atoms with E-state index in [-0.39, 0.29) is 24.2 Å². The number of furan rings is 1. The van der Waals surface area contributed by atoms with Gasteiger partial charge in [0.05, 0.1) is 18.4 Å². The number of methoxy groups -OCH3 is 1. The van der Waals surface area contributed by atoms with Gasteiger partial charge in [-0.2, -0.15) is 0 Å². The van der Waals surface area contributed by atoms with Crippen molar-refractivity contribution in [3.63, 3.8) is 0 Å². The fourth-order valence-corrected chi connectivity index (χ4v) is 4.84. The third-order valence-corrected chi connectivity index (χ3v) is 6.14. The zero-order valence-electron chi connectivity index (χ0n) is 17.5. The summed E-state index contributed by atoms with van der Waals surface area (Å²) in [5, 5.41) is 3.55. The SMILES string of the molecule is COc1ccc2oc(C)c(C(=O)NCc3ccccc3CS(=O)(=O)NC(C)C)c2c1. The zero-order valence-corrected chi connectivity index (χ0v) is 18.3. The summed E-state index contributed by atoms with van der Waals surface area (Å²) in [6.07, 6.45) is 0. The molecule has 3 aromatic rings. The molecule has 8 heteroatoms. The van der Waals surface area contributed by atoms with Crippen LogP contribution in [-0.2, 0) is 22.3 Å². The molecule has 0 saturated heterocycles. The lowest BCUT2D eigenvalue weighted by atomic mass is 10.1. The molecule has 1 heterocycles. The maximum atomic E-state index is 12.9. The van der Waals surface area contributed by atoms with E-state index in [0.29, 0.717) is 33.6 Å². The molecule has 7 nitrogen and oxygen atoms in total. The number of fused-ring (bicyclic) bond motifs is 1. The monoisotopic (exact) mass is 430 g/mol. The Bertz CT molecular complexity index is 1170. The van der Waals surface area contributed by atoms with Gasteiger partial charge in [0.2, 0.25) is 10.0 Å². The van der Waals surface area contributed by atoms with Gasteiger partial charge in [-0.3, -0.25) is 4.79 Å². The first-order valence-electron chi connectivity index (χ1n) is 9.62. The second-order valence-corrected chi connectivity index (χ2v) is 9.13. The van der Waals surface area contributed by atoms with Gasteiger partial charge in [0, 0.05) is 18.0 Å². The van der Waals surface area contributed by atoms with Crippen LogP contribution in [-0.4, -0.2) is 27.5 Å². The number of aryl methyl sites for hydroxylation is 1. The van der Waals surface area contributed by atoms with E-state index in [1.54, 1.807) is 58.2 Å². The second kappa shape index (κ2) is 8.89. The lowest BCUT2D eigenvalue weighted by Gasteiger charge is -2.13. The molecule has 3 rings (SSSR count). The number of nitrogens with one attached hydrogen (secondary N) is 2. The first kappa shape index (κ1) is 21.9. The minimum atomic E-state index is -3.47. The highest BCUT2D eigenvalue weighted by molar-refractivity contribution is 7.88. The van der Waals surface area contributed by atoms with Crippen LogP contribution in [0.5, 0.6) is 5.75 Å². The summed E-state index contributed by atoms with van der Waals surface area (Å²) >= 11 is 0. The maximum Gasteiger partial charge on any atom is 0.255 e. The molecule has 160 valence electrons. The summed E-state index contributed by atoms with van der Waals surface area (Å²) in [5.74, 6) is 0.693. The molecule has 2 aromatic carbocycles. The van der Waals surface area contributed by atoms with Gasteiger partial charge < -0.3 is 14.5 Å². The highest BCUT2D eigenvalue weighted by Gasteiger charge is 2.20. The van der Waals surface area contributed by atoms with E-state index >= 15 is 0 Å². The van der Waals surface area contributed by atoms with Crippen LogP contribution in [0, 0.1) is 6.92 Å². The Labute approximate surface area is 176 Å². The molecule has 0 aliphatic carbocycles. The molecule has 0 spiro atoms. The summed E-state index contributed by atoms with van der Waals surface area (Å²) in [6, 6.07) is 12.3. The predicted molar refractivity (Wildman–Crippen MR) is 116 cm³/mol. The highest BCUT2D eigenvalue weighted by atomic mass is 32.2. The number of hydrogen-bond acceptors (Lipinski definition) is 5. The molecule has 0 saturated carbocycles. The minimum Gasteiger partial charge on any atom is -0.497 e. The number of carbonyl (C=O) groups is 1. The van der Waals surface area contributed by atoms with E-state index < -0.39 is 10.0 Å². The van der Waals surface area contributed by atoms with E-state index in [1.807, 2.05) is 12.1 Å². The van der Waals surface area contributed by atoms with E-state index in [9.17, 15) is 13.2 Å². The van der Waals surface area contributed by atoms with Crippen molar-refractivity contribution in [3.8, 4) is 5.75 Å². The van der Waals surface area contributed by atoms with Gasteiger partial charge in [-0.05, 0) is 50.1 Å². The molecule has 0 bridgehead atoms. The van der Waals surface area contributed by atoms with Crippen LogP contribution in [0.3, 0.4) is 0 Å². The minimum absolute atomic E-state index is 0.151. The number of carbonyl (C=O) groups excluding carboxylic acids is 1. The normalized spacial score (nSPS) is 11.8. The van der Waals surface area contributed by atoms with Crippen molar-refractivity contribution in [2.24, 2.45) is 0 Å².